The zero-order valence-electron chi connectivity index (χ0n) is 18.4. The lowest BCUT2D eigenvalue weighted by molar-refractivity contribution is -1.01. The molecule has 1 saturated heterocycles. The Labute approximate surface area is 181 Å². The van der Waals surface area contributed by atoms with Gasteiger partial charge < -0.3 is 15.1 Å². The van der Waals surface area contributed by atoms with Gasteiger partial charge in [0.25, 0.3) is 5.91 Å². The topological polar surface area (TPSA) is 38.0 Å². The first-order valence-corrected chi connectivity index (χ1v) is 11.3. The van der Waals surface area contributed by atoms with Gasteiger partial charge >= 0.3 is 0 Å². The van der Waals surface area contributed by atoms with Crippen LogP contribution in [0.25, 0.3) is 6.08 Å². The Balaban J connectivity index is 1.42. The maximum atomic E-state index is 12.7. The van der Waals surface area contributed by atoms with Crippen molar-refractivity contribution in [3.05, 3.63) is 77.9 Å². The second-order valence-corrected chi connectivity index (χ2v) is 8.85. The standard InChI is InChI=1S/C26H35N3O/c1-22(2)20-25(24-13-7-4-8-14-24)27-26(30)21-29-18-16-28(17-19-29)15-9-12-23-10-5-3-6-11-23/h3-14,22,25H,15-21H2,1-2H3,(H,27,30)/p+2/b12-9+/t25-/m0/s1. The molecule has 2 aromatic rings. The van der Waals surface area contributed by atoms with Crippen LogP contribution < -0.4 is 15.1 Å². The Morgan fingerprint density at radius 2 is 1.53 bits per heavy atom. The van der Waals surface area contributed by atoms with Crippen LogP contribution in [0.4, 0.5) is 0 Å². The van der Waals surface area contributed by atoms with E-state index in [1.165, 1.54) is 16.0 Å². The van der Waals surface area contributed by atoms with Gasteiger partial charge in [-0.05, 0) is 29.5 Å². The minimum atomic E-state index is 0.105. The summed E-state index contributed by atoms with van der Waals surface area (Å²) in [4.78, 5) is 15.7. The van der Waals surface area contributed by atoms with Gasteiger partial charge in [-0.2, -0.15) is 0 Å². The number of amides is 1. The quantitative estimate of drug-likeness (QED) is 0.577. The normalized spacial score (nSPS) is 20.4. The average molecular weight is 408 g/mol. The fourth-order valence-electron chi connectivity index (χ4n) is 4.17. The van der Waals surface area contributed by atoms with Crippen molar-refractivity contribution in [2.24, 2.45) is 5.92 Å². The van der Waals surface area contributed by atoms with Gasteiger partial charge in [-0.15, -0.1) is 0 Å². The summed E-state index contributed by atoms with van der Waals surface area (Å²) in [6, 6.07) is 20.9. The smallest absolute Gasteiger partial charge is 0.275 e. The van der Waals surface area contributed by atoms with Crippen LogP contribution in [0.15, 0.2) is 66.7 Å². The maximum Gasteiger partial charge on any atom is 0.275 e. The number of carbonyl (C=O) groups excluding carboxylic acids is 1. The molecule has 1 aliphatic rings. The van der Waals surface area contributed by atoms with Crippen molar-refractivity contribution < 1.29 is 14.6 Å². The van der Waals surface area contributed by atoms with E-state index in [2.05, 4.69) is 67.7 Å². The molecule has 1 heterocycles. The average Bonchev–Trinajstić information content (AvgIpc) is 2.75. The number of rotatable bonds is 9. The van der Waals surface area contributed by atoms with Gasteiger partial charge in [0.15, 0.2) is 6.54 Å². The zero-order valence-corrected chi connectivity index (χ0v) is 18.4. The Hall–Kier alpha value is -2.43. The Bertz CT molecular complexity index is 780. The molecule has 1 atom stereocenters. The van der Waals surface area contributed by atoms with E-state index in [9.17, 15) is 4.79 Å². The van der Waals surface area contributed by atoms with E-state index in [1.807, 2.05) is 24.3 Å². The second kappa shape index (κ2) is 11.7. The Morgan fingerprint density at radius 3 is 2.17 bits per heavy atom. The highest BCUT2D eigenvalue weighted by atomic mass is 16.2. The van der Waals surface area contributed by atoms with Gasteiger partial charge in [0.05, 0.1) is 12.6 Å². The molecule has 160 valence electrons. The molecule has 1 amide bonds. The fraction of sp³-hybridized carbons (Fsp3) is 0.423. The highest BCUT2D eigenvalue weighted by molar-refractivity contribution is 5.77. The number of quaternary nitrogens is 2. The molecule has 0 unspecified atom stereocenters. The number of hydrogen-bond donors (Lipinski definition) is 3. The number of hydrogen-bond acceptors (Lipinski definition) is 1. The summed E-state index contributed by atoms with van der Waals surface area (Å²) in [6.07, 6.45) is 5.45. The van der Waals surface area contributed by atoms with Crippen LogP contribution in [0, 0.1) is 5.92 Å². The molecule has 1 fully saturated rings. The first-order chi connectivity index (χ1) is 14.6. The molecule has 0 spiro atoms. The van der Waals surface area contributed by atoms with E-state index in [-0.39, 0.29) is 11.9 Å². The van der Waals surface area contributed by atoms with Crippen LogP contribution in [0.3, 0.4) is 0 Å². The van der Waals surface area contributed by atoms with Crippen molar-refractivity contribution in [1.29, 1.82) is 0 Å². The monoisotopic (exact) mass is 407 g/mol. The highest BCUT2D eigenvalue weighted by Crippen LogP contribution is 2.20. The zero-order chi connectivity index (χ0) is 21.2. The van der Waals surface area contributed by atoms with E-state index in [4.69, 9.17) is 0 Å². The summed E-state index contributed by atoms with van der Waals surface area (Å²) >= 11 is 0. The summed E-state index contributed by atoms with van der Waals surface area (Å²) in [5, 5.41) is 3.30. The summed E-state index contributed by atoms with van der Waals surface area (Å²) in [5.74, 6) is 0.714. The van der Waals surface area contributed by atoms with E-state index >= 15 is 0 Å². The summed E-state index contributed by atoms with van der Waals surface area (Å²) in [5.41, 5.74) is 2.46. The third-order valence-electron chi connectivity index (χ3n) is 5.84. The van der Waals surface area contributed by atoms with Crippen LogP contribution in [0.1, 0.15) is 37.4 Å². The molecule has 3 rings (SSSR count). The minimum Gasteiger partial charge on any atom is -0.344 e. The third-order valence-corrected chi connectivity index (χ3v) is 5.84. The molecule has 0 aliphatic carbocycles. The van der Waals surface area contributed by atoms with Gasteiger partial charge in [0, 0.05) is 0 Å². The molecule has 2 aromatic carbocycles. The second-order valence-electron chi connectivity index (χ2n) is 8.85. The predicted octanol–water partition coefficient (Wildman–Crippen LogP) is 1.39. The lowest BCUT2D eigenvalue weighted by Crippen LogP contribution is -3.28. The number of benzene rings is 2. The van der Waals surface area contributed by atoms with Gasteiger partial charge in [-0.3, -0.25) is 4.79 Å². The molecular formula is C26H37N3O+2. The molecule has 30 heavy (non-hydrogen) atoms. The van der Waals surface area contributed by atoms with Gasteiger partial charge in [0.1, 0.15) is 26.2 Å². The van der Waals surface area contributed by atoms with Crippen molar-refractivity contribution in [2.45, 2.75) is 26.3 Å². The van der Waals surface area contributed by atoms with Crippen LogP contribution in [-0.2, 0) is 4.79 Å². The molecule has 1 aliphatic heterocycles. The lowest BCUT2D eigenvalue weighted by atomic mass is 9.97. The predicted molar refractivity (Wildman–Crippen MR) is 123 cm³/mol. The third kappa shape index (κ3) is 7.43. The van der Waals surface area contributed by atoms with Crippen molar-refractivity contribution in [2.75, 3.05) is 39.3 Å². The molecule has 3 N–H and O–H groups in total. The summed E-state index contributed by atoms with van der Waals surface area (Å²) < 4.78 is 0. The molecule has 0 bridgehead atoms. The summed E-state index contributed by atoms with van der Waals surface area (Å²) in [7, 11) is 0. The van der Waals surface area contributed by atoms with E-state index in [0.29, 0.717) is 12.5 Å². The number of piperazine rings is 1. The molecule has 0 aromatic heterocycles. The first-order valence-electron chi connectivity index (χ1n) is 11.3. The van der Waals surface area contributed by atoms with Gasteiger partial charge in [0.2, 0.25) is 0 Å². The first kappa shape index (κ1) is 22.3. The largest absolute Gasteiger partial charge is 0.344 e. The van der Waals surface area contributed by atoms with Gasteiger partial charge in [-0.25, -0.2) is 0 Å². The Kier molecular flexibility index (Phi) is 8.66. The Morgan fingerprint density at radius 1 is 0.933 bits per heavy atom. The van der Waals surface area contributed by atoms with E-state index in [1.54, 1.807) is 4.90 Å². The van der Waals surface area contributed by atoms with Gasteiger partial charge in [-0.1, -0.05) is 80.6 Å². The van der Waals surface area contributed by atoms with Crippen LogP contribution in [0.5, 0.6) is 0 Å². The highest BCUT2D eigenvalue weighted by Gasteiger charge is 2.25. The molecule has 4 nitrogen and oxygen atoms in total. The lowest BCUT2D eigenvalue weighted by Gasteiger charge is -2.29. The number of nitrogens with one attached hydrogen (secondary N) is 3. The minimum absolute atomic E-state index is 0.105. The molecule has 0 radical (unpaired) electrons. The fourth-order valence-corrected chi connectivity index (χ4v) is 4.17. The van der Waals surface area contributed by atoms with Crippen molar-refractivity contribution in [1.82, 2.24) is 5.32 Å². The SMILES string of the molecule is CC(C)C[C@H](NC(=O)C[NH+]1CC[NH+](C/C=C/c2ccccc2)CC1)c1ccccc1. The molecule has 0 saturated carbocycles. The van der Waals surface area contributed by atoms with Crippen LogP contribution in [-0.4, -0.2) is 45.2 Å². The van der Waals surface area contributed by atoms with E-state index < -0.39 is 0 Å². The molecule has 4 heteroatoms. The number of carbonyl (C=O) groups is 1. The van der Waals surface area contributed by atoms with Crippen LogP contribution in [0.2, 0.25) is 0 Å². The van der Waals surface area contributed by atoms with Crippen molar-refractivity contribution in [3.8, 4) is 0 Å². The van der Waals surface area contributed by atoms with Crippen molar-refractivity contribution >= 4 is 12.0 Å². The molecular weight excluding hydrogens is 370 g/mol. The van der Waals surface area contributed by atoms with Crippen molar-refractivity contribution in [3.63, 3.8) is 0 Å². The van der Waals surface area contributed by atoms with E-state index in [0.717, 1.165) is 39.1 Å². The van der Waals surface area contributed by atoms with Crippen LogP contribution >= 0.6 is 0 Å². The maximum absolute atomic E-state index is 12.7. The summed E-state index contributed by atoms with van der Waals surface area (Å²) in [6.45, 7) is 10.4.